The van der Waals surface area contributed by atoms with Gasteiger partial charge in [0.05, 0.1) is 0 Å². The number of thioether (sulfide) groups is 1. The normalized spacial score (nSPS) is 13.6. The second kappa shape index (κ2) is 7.20. The van der Waals surface area contributed by atoms with Gasteiger partial charge in [-0.3, -0.25) is 0 Å². The van der Waals surface area contributed by atoms with Crippen molar-refractivity contribution in [3.8, 4) is 0 Å². The van der Waals surface area contributed by atoms with Gasteiger partial charge in [0.15, 0.2) is 0 Å². The molecule has 1 unspecified atom stereocenters. The molecule has 0 radical (unpaired) electrons. The van der Waals surface area contributed by atoms with E-state index in [-0.39, 0.29) is 5.41 Å². The second-order valence-corrected chi connectivity index (χ2v) is 6.88. The van der Waals surface area contributed by atoms with E-state index in [4.69, 9.17) is 0 Å². The largest absolute Gasteiger partial charge is 0.310 e. The summed E-state index contributed by atoms with van der Waals surface area (Å²) < 4.78 is 0. The monoisotopic (exact) mass is 265 g/mol. The van der Waals surface area contributed by atoms with E-state index in [0.29, 0.717) is 6.04 Å². The summed E-state index contributed by atoms with van der Waals surface area (Å²) in [6.07, 6.45) is 3.40. The Morgan fingerprint density at radius 2 is 1.78 bits per heavy atom. The molecule has 0 spiro atoms. The molecule has 0 amide bonds. The molecule has 1 atom stereocenters. The maximum atomic E-state index is 3.58. The number of benzene rings is 1. The Morgan fingerprint density at radius 3 is 2.28 bits per heavy atom. The van der Waals surface area contributed by atoms with Gasteiger partial charge >= 0.3 is 0 Å². The van der Waals surface area contributed by atoms with Crippen molar-refractivity contribution in [3.05, 3.63) is 35.4 Å². The Hall–Kier alpha value is -0.470. The predicted molar refractivity (Wildman–Crippen MR) is 84.6 cm³/mol. The van der Waals surface area contributed by atoms with Gasteiger partial charge in [-0.25, -0.2) is 0 Å². The molecule has 102 valence electrons. The number of hydrogen-bond acceptors (Lipinski definition) is 2. The van der Waals surface area contributed by atoms with E-state index in [0.717, 1.165) is 6.54 Å². The Labute approximate surface area is 117 Å². The van der Waals surface area contributed by atoms with Gasteiger partial charge in [-0.05, 0) is 48.4 Å². The molecule has 18 heavy (non-hydrogen) atoms. The van der Waals surface area contributed by atoms with Gasteiger partial charge in [0.1, 0.15) is 0 Å². The van der Waals surface area contributed by atoms with E-state index in [1.54, 1.807) is 0 Å². The van der Waals surface area contributed by atoms with Crippen molar-refractivity contribution >= 4 is 11.8 Å². The molecule has 0 aliphatic rings. The minimum Gasteiger partial charge on any atom is -0.310 e. The molecule has 0 saturated heterocycles. The standard InChI is InChI=1S/C16H27NS/c1-13(17-11-6-12-18-5)14-7-9-15(10-8-14)16(2,3)4/h7-10,13,17H,6,11-12H2,1-5H3. The van der Waals surface area contributed by atoms with E-state index >= 15 is 0 Å². The molecule has 0 fully saturated rings. The molecular formula is C16H27NS. The van der Waals surface area contributed by atoms with Gasteiger partial charge in [-0.1, -0.05) is 45.0 Å². The van der Waals surface area contributed by atoms with E-state index in [1.165, 1.54) is 23.3 Å². The number of rotatable bonds is 6. The molecule has 0 aliphatic carbocycles. The van der Waals surface area contributed by atoms with Crippen LogP contribution < -0.4 is 5.32 Å². The second-order valence-electron chi connectivity index (χ2n) is 5.89. The summed E-state index contributed by atoms with van der Waals surface area (Å²) in [7, 11) is 0. The lowest BCUT2D eigenvalue weighted by Crippen LogP contribution is -2.20. The molecule has 1 aromatic carbocycles. The fourth-order valence-electron chi connectivity index (χ4n) is 1.92. The predicted octanol–water partition coefficient (Wildman–Crippen LogP) is 4.39. The highest BCUT2D eigenvalue weighted by Gasteiger charge is 2.13. The van der Waals surface area contributed by atoms with Crippen LogP contribution in [-0.4, -0.2) is 18.6 Å². The molecule has 0 aromatic heterocycles. The first-order valence-electron chi connectivity index (χ1n) is 6.78. The fourth-order valence-corrected chi connectivity index (χ4v) is 2.36. The molecule has 0 aliphatic heterocycles. The summed E-state index contributed by atoms with van der Waals surface area (Å²) in [5.74, 6) is 1.24. The van der Waals surface area contributed by atoms with Crippen molar-refractivity contribution in [2.75, 3.05) is 18.6 Å². The molecule has 2 heteroatoms. The average Bonchev–Trinajstić information content (AvgIpc) is 2.33. The van der Waals surface area contributed by atoms with Gasteiger partial charge in [0.2, 0.25) is 0 Å². The third-order valence-electron chi connectivity index (χ3n) is 3.25. The van der Waals surface area contributed by atoms with Crippen LogP contribution in [-0.2, 0) is 5.41 Å². The minimum absolute atomic E-state index is 0.244. The van der Waals surface area contributed by atoms with Crippen LogP contribution >= 0.6 is 11.8 Å². The molecule has 1 N–H and O–H groups in total. The first-order chi connectivity index (χ1) is 8.45. The van der Waals surface area contributed by atoms with Crippen LogP contribution in [0.4, 0.5) is 0 Å². The van der Waals surface area contributed by atoms with Crippen LogP contribution in [0.15, 0.2) is 24.3 Å². The van der Waals surface area contributed by atoms with Crippen molar-refractivity contribution in [3.63, 3.8) is 0 Å². The SMILES string of the molecule is CSCCCNC(C)c1ccc(C(C)(C)C)cc1. The molecule has 1 nitrogen and oxygen atoms in total. The summed E-state index contributed by atoms with van der Waals surface area (Å²) >= 11 is 1.91. The zero-order valence-corrected chi connectivity index (χ0v) is 13.2. The van der Waals surface area contributed by atoms with Crippen molar-refractivity contribution < 1.29 is 0 Å². The van der Waals surface area contributed by atoms with Gasteiger partial charge < -0.3 is 5.32 Å². The lowest BCUT2D eigenvalue weighted by Gasteiger charge is -2.20. The summed E-state index contributed by atoms with van der Waals surface area (Å²) in [4.78, 5) is 0. The lowest BCUT2D eigenvalue weighted by atomic mass is 9.86. The molecule has 0 heterocycles. The van der Waals surface area contributed by atoms with Crippen LogP contribution in [0.25, 0.3) is 0 Å². The highest BCUT2D eigenvalue weighted by molar-refractivity contribution is 7.98. The van der Waals surface area contributed by atoms with Crippen LogP contribution in [0.1, 0.15) is 51.3 Å². The molecule has 0 bridgehead atoms. The van der Waals surface area contributed by atoms with Crippen LogP contribution in [0, 0.1) is 0 Å². The first-order valence-corrected chi connectivity index (χ1v) is 8.17. The zero-order valence-electron chi connectivity index (χ0n) is 12.4. The summed E-state index contributed by atoms with van der Waals surface area (Å²) in [5, 5.41) is 3.58. The van der Waals surface area contributed by atoms with Gasteiger partial charge in [-0.2, -0.15) is 11.8 Å². The lowest BCUT2D eigenvalue weighted by molar-refractivity contribution is 0.568. The zero-order chi connectivity index (χ0) is 13.6. The van der Waals surface area contributed by atoms with Gasteiger partial charge in [-0.15, -0.1) is 0 Å². The molecule has 1 rings (SSSR count). The van der Waals surface area contributed by atoms with Crippen molar-refractivity contribution in [1.82, 2.24) is 5.32 Å². The summed E-state index contributed by atoms with van der Waals surface area (Å²) in [6, 6.07) is 9.48. The Bertz CT molecular complexity index is 337. The third kappa shape index (κ3) is 5.03. The fraction of sp³-hybridized carbons (Fsp3) is 0.625. The Balaban J connectivity index is 2.51. The Morgan fingerprint density at radius 1 is 1.17 bits per heavy atom. The highest BCUT2D eigenvalue weighted by Crippen LogP contribution is 2.23. The summed E-state index contributed by atoms with van der Waals surface area (Å²) in [5.41, 5.74) is 3.03. The minimum atomic E-state index is 0.244. The smallest absolute Gasteiger partial charge is 0.0291 e. The van der Waals surface area contributed by atoms with Crippen LogP contribution in [0.2, 0.25) is 0 Å². The van der Waals surface area contributed by atoms with E-state index in [2.05, 4.69) is 63.5 Å². The quantitative estimate of drug-likeness (QED) is 0.766. The van der Waals surface area contributed by atoms with E-state index in [9.17, 15) is 0 Å². The summed E-state index contributed by atoms with van der Waals surface area (Å²) in [6.45, 7) is 10.1. The van der Waals surface area contributed by atoms with Crippen LogP contribution in [0.3, 0.4) is 0 Å². The topological polar surface area (TPSA) is 12.0 Å². The van der Waals surface area contributed by atoms with Gasteiger partial charge in [0, 0.05) is 6.04 Å². The van der Waals surface area contributed by atoms with E-state index in [1.807, 2.05) is 11.8 Å². The third-order valence-corrected chi connectivity index (χ3v) is 3.95. The van der Waals surface area contributed by atoms with Crippen molar-refractivity contribution in [2.45, 2.75) is 45.6 Å². The average molecular weight is 265 g/mol. The Kier molecular flexibility index (Phi) is 6.24. The number of nitrogens with one attached hydrogen (secondary N) is 1. The number of hydrogen-bond donors (Lipinski definition) is 1. The first kappa shape index (κ1) is 15.6. The molecule has 1 aromatic rings. The van der Waals surface area contributed by atoms with E-state index < -0.39 is 0 Å². The van der Waals surface area contributed by atoms with Gasteiger partial charge in [0.25, 0.3) is 0 Å². The maximum absolute atomic E-state index is 3.58. The maximum Gasteiger partial charge on any atom is 0.0291 e. The highest BCUT2D eigenvalue weighted by atomic mass is 32.2. The molecule has 0 saturated carbocycles. The van der Waals surface area contributed by atoms with Crippen molar-refractivity contribution in [2.24, 2.45) is 0 Å². The van der Waals surface area contributed by atoms with Crippen LogP contribution in [0.5, 0.6) is 0 Å². The van der Waals surface area contributed by atoms with Crippen molar-refractivity contribution in [1.29, 1.82) is 0 Å². The molecular weight excluding hydrogens is 238 g/mol.